The number of carbonyl (C=O) groups excluding carboxylic acids is 1. The molecule has 1 unspecified atom stereocenters. The van der Waals surface area contributed by atoms with E-state index in [0.29, 0.717) is 16.8 Å². The first-order chi connectivity index (χ1) is 11.6. The monoisotopic (exact) mass is 330 g/mol. The molecule has 0 bridgehead atoms. The molecule has 6 nitrogen and oxygen atoms in total. The molecule has 3 rings (SSSR count). The Hall–Kier alpha value is -3.16. The second-order valence-corrected chi connectivity index (χ2v) is 4.96. The van der Waals surface area contributed by atoms with E-state index in [1.165, 1.54) is 6.20 Å². The number of hydrogen-bond donors (Lipinski definition) is 1. The van der Waals surface area contributed by atoms with Gasteiger partial charge in [-0.15, -0.1) is 10.2 Å². The van der Waals surface area contributed by atoms with Crippen LogP contribution in [0.25, 0.3) is 11.5 Å². The van der Waals surface area contributed by atoms with Gasteiger partial charge in [-0.05, 0) is 17.7 Å². The minimum Gasteiger partial charge on any atom is -0.415 e. The first-order valence-corrected chi connectivity index (χ1v) is 6.98. The van der Waals surface area contributed by atoms with Crippen molar-refractivity contribution in [3.8, 4) is 11.5 Å². The number of primary amides is 1. The Morgan fingerprint density at radius 3 is 2.38 bits per heavy atom. The fourth-order valence-electron chi connectivity index (χ4n) is 2.27. The summed E-state index contributed by atoms with van der Waals surface area (Å²) < 4.78 is 29.8. The zero-order valence-corrected chi connectivity index (χ0v) is 12.3. The molecular formula is C16H12F2N4O2. The summed E-state index contributed by atoms with van der Waals surface area (Å²) >= 11 is 0. The molecule has 24 heavy (non-hydrogen) atoms. The van der Waals surface area contributed by atoms with Crippen LogP contribution in [0.15, 0.2) is 53.1 Å². The molecule has 0 radical (unpaired) electrons. The van der Waals surface area contributed by atoms with E-state index in [4.69, 9.17) is 10.2 Å². The van der Waals surface area contributed by atoms with Gasteiger partial charge in [-0.1, -0.05) is 30.3 Å². The van der Waals surface area contributed by atoms with E-state index >= 15 is 0 Å². The maximum absolute atomic E-state index is 12.5. The van der Waals surface area contributed by atoms with Crippen LogP contribution in [0.1, 0.15) is 29.5 Å². The van der Waals surface area contributed by atoms with Crippen molar-refractivity contribution in [3.05, 3.63) is 65.8 Å². The van der Waals surface area contributed by atoms with Crippen LogP contribution in [0.3, 0.4) is 0 Å². The highest BCUT2D eigenvalue weighted by atomic mass is 19.3. The van der Waals surface area contributed by atoms with E-state index in [-0.39, 0.29) is 5.89 Å². The molecule has 1 amide bonds. The Kier molecular flexibility index (Phi) is 4.28. The van der Waals surface area contributed by atoms with Gasteiger partial charge in [0.1, 0.15) is 5.92 Å². The third-order valence-electron chi connectivity index (χ3n) is 3.37. The average Bonchev–Trinajstić information content (AvgIpc) is 3.07. The van der Waals surface area contributed by atoms with Gasteiger partial charge in [0, 0.05) is 6.20 Å². The average molecular weight is 330 g/mol. The van der Waals surface area contributed by atoms with Gasteiger partial charge in [0.25, 0.3) is 5.89 Å². The van der Waals surface area contributed by atoms with E-state index in [1.54, 1.807) is 36.4 Å². The lowest BCUT2D eigenvalue weighted by Crippen LogP contribution is -2.23. The Bertz CT molecular complexity index is 835. The topological polar surface area (TPSA) is 94.9 Å². The van der Waals surface area contributed by atoms with Crippen molar-refractivity contribution in [1.29, 1.82) is 0 Å². The number of aromatic nitrogens is 3. The van der Waals surface area contributed by atoms with Gasteiger partial charge < -0.3 is 10.2 Å². The van der Waals surface area contributed by atoms with Gasteiger partial charge in [-0.2, -0.15) is 8.78 Å². The Labute approximate surface area is 135 Å². The number of nitrogens with two attached hydrogens (primary N) is 1. The normalized spacial score (nSPS) is 12.3. The third kappa shape index (κ3) is 3.12. The summed E-state index contributed by atoms with van der Waals surface area (Å²) in [5.41, 5.74) is 7.00. The lowest BCUT2D eigenvalue weighted by Gasteiger charge is -2.13. The molecule has 0 aliphatic carbocycles. The number of hydrogen-bond acceptors (Lipinski definition) is 5. The van der Waals surface area contributed by atoms with Crippen LogP contribution in [0.4, 0.5) is 8.78 Å². The molecule has 0 fully saturated rings. The molecule has 2 N–H and O–H groups in total. The summed E-state index contributed by atoms with van der Waals surface area (Å²) in [6, 6.07) is 12.1. The van der Waals surface area contributed by atoms with Gasteiger partial charge in [0.2, 0.25) is 11.8 Å². The van der Waals surface area contributed by atoms with Crippen LogP contribution >= 0.6 is 0 Å². The highest BCUT2D eigenvalue weighted by molar-refractivity contribution is 5.85. The number of halogens is 2. The van der Waals surface area contributed by atoms with Crippen molar-refractivity contribution in [1.82, 2.24) is 15.2 Å². The Morgan fingerprint density at radius 2 is 1.83 bits per heavy atom. The summed E-state index contributed by atoms with van der Waals surface area (Å²) in [6.07, 6.45) is -1.47. The molecule has 1 aromatic carbocycles. The molecule has 0 aliphatic heterocycles. The highest BCUT2D eigenvalue weighted by Gasteiger charge is 2.22. The molecule has 0 saturated heterocycles. The number of nitrogens with zero attached hydrogens (tertiary/aromatic N) is 3. The van der Waals surface area contributed by atoms with Gasteiger partial charge in [0.15, 0.2) is 0 Å². The van der Waals surface area contributed by atoms with Crippen molar-refractivity contribution in [2.45, 2.75) is 12.3 Å². The fraction of sp³-hybridized carbons (Fsp3) is 0.125. The lowest BCUT2D eigenvalue weighted by atomic mass is 9.94. The summed E-state index contributed by atoms with van der Waals surface area (Å²) in [4.78, 5) is 16.0. The predicted molar refractivity (Wildman–Crippen MR) is 80.0 cm³/mol. The number of carbonyl (C=O) groups is 1. The molecule has 0 saturated carbocycles. The van der Waals surface area contributed by atoms with E-state index in [9.17, 15) is 13.6 Å². The van der Waals surface area contributed by atoms with Crippen LogP contribution in [0, 0.1) is 0 Å². The van der Waals surface area contributed by atoms with E-state index < -0.39 is 24.1 Å². The lowest BCUT2D eigenvalue weighted by molar-refractivity contribution is -0.118. The second-order valence-electron chi connectivity index (χ2n) is 4.96. The number of amides is 1. The zero-order valence-electron chi connectivity index (χ0n) is 12.3. The maximum Gasteiger partial charge on any atom is 0.314 e. The van der Waals surface area contributed by atoms with E-state index in [0.717, 1.165) is 0 Å². The highest BCUT2D eigenvalue weighted by Crippen LogP contribution is 2.26. The van der Waals surface area contributed by atoms with Crippen LogP contribution in [-0.2, 0) is 4.79 Å². The van der Waals surface area contributed by atoms with Crippen LogP contribution in [0.5, 0.6) is 0 Å². The first kappa shape index (κ1) is 15.7. The van der Waals surface area contributed by atoms with E-state index in [1.807, 2.05) is 6.07 Å². The van der Waals surface area contributed by atoms with Crippen molar-refractivity contribution in [2.24, 2.45) is 5.73 Å². The minimum atomic E-state index is -2.84. The molecule has 8 heteroatoms. The quantitative estimate of drug-likeness (QED) is 0.776. The number of rotatable bonds is 5. The van der Waals surface area contributed by atoms with Gasteiger partial charge in [-0.3, -0.25) is 9.78 Å². The maximum atomic E-state index is 12.5. The van der Waals surface area contributed by atoms with Crippen LogP contribution in [-0.4, -0.2) is 21.1 Å². The third-order valence-corrected chi connectivity index (χ3v) is 3.37. The number of alkyl halides is 2. The molecule has 3 aromatic rings. The fourth-order valence-corrected chi connectivity index (χ4v) is 2.27. The molecule has 0 aliphatic rings. The molecule has 2 aromatic heterocycles. The summed E-state index contributed by atoms with van der Waals surface area (Å²) in [5, 5.41) is 6.80. The van der Waals surface area contributed by atoms with E-state index in [2.05, 4.69) is 15.2 Å². The Morgan fingerprint density at radius 1 is 1.08 bits per heavy atom. The molecule has 0 spiro atoms. The Balaban J connectivity index is 1.91. The smallest absolute Gasteiger partial charge is 0.314 e. The van der Waals surface area contributed by atoms with Crippen molar-refractivity contribution in [3.63, 3.8) is 0 Å². The van der Waals surface area contributed by atoms with Crippen molar-refractivity contribution >= 4 is 5.91 Å². The van der Waals surface area contributed by atoms with Gasteiger partial charge >= 0.3 is 6.43 Å². The minimum absolute atomic E-state index is 0.0697. The standard InChI is InChI=1S/C16H12F2N4O2/c17-13(18)16-22-21-15(24-16)10-6-7-11(20-8-10)12(14(19)23)9-4-2-1-3-5-9/h1-8,12-13H,(H2,19,23). The van der Waals surface area contributed by atoms with Gasteiger partial charge in [0.05, 0.1) is 11.3 Å². The molecule has 122 valence electrons. The summed E-state index contributed by atoms with van der Waals surface area (Å²) in [5.74, 6) is -2.08. The predicted octanol–water partition coefficient (Wildman–Crippen LogP) is 2.69. The van der Waals surface area contributed by atoms with Crippen LogP contribution in [0.2, 0.25) is 0 Å². The molecule has 2 heterocycles. The first-order valence-electron chi connectivity index (χ1n) is 6.98. The number of benzene rings is 1. The zero-order chi connectivity index (χ0) is 17.1. The van der Waals surface area contributed by atoms with Crippen molar-refractivity contribution in [2.75, 3.05) is 0 Å². The SMILES string of the molecule is NC(=O)C(c1ccccc1)c1ccc(-c2nnc(C(F)F)o2)cn1. The number of pyridine rings is 1. The van der Waals surface area contributed by atoms with Gasteiger partial charge in [-0.25, -0.2) is 0 Å². The van der Waals surface area contributed by atoms with Crippen molar-refractivity contribution < 1.29 is 18.0 Å². The summed E-state index contributed by atoms with van der Waals surface area (Å²) in [6.45, 7) is 0. The van der Waals surface area contributed by atoms with Crippen LogP contribution < -0.4 is 5.73 Å². The summed E-state index contributed by atoms with van der Waals surface area (Å²) in [7, 11) is 0. The second kappa shape index (κ2) is 6.53. The largest absolute Gasteiger partial charge is 0.415 e. The molecule has 1 atom stereocenters. The molecular weight excluding hydrogens is 318 g/mol.